The number of benzene rings is 1. The van der Waals surface area contributed by atoms with Gasteiger partial charge in [-0.3, -0.25) is 9.59 Å². The number of Topliss-reactive ketones (excluding diaryl/α,β-unsaturated/α-hetero) is 1. The molecule has 138 valence electrons. The van der Waals surface area contributed by atoms with Gasteiger partial charge in [0, 0.05) is 23.7 Å². The fourth-order valence-electron chi connectivity index (χ4n) is 3.32. The Labute approximate surface area is 150 Å². The zero-order chi connectivity index (χ0) is 18.2. The van der Waals surface area contributed by atoms with Crippen LogP contribution >= 0.6 is 0 Å². The Bertz CT molecular complexity index is 595. The van der Waals surface area contributed by atoms with Gasteiger partial charge >= 0.3 is 0 Å². The highest BCUT2D eigenvalue weighted by molar-refractivity contribution is 5.94. The molecule has 5 nitrogen and oxygen atoms in total. The molecule has 1 aromatic rings. The van der Waals surface area contributed by atoms with Gasteiger partial charge in [0.25, 0.3) is 0 Å². The minimum atomic E-state index is -0.0251. The van der Waals surface area contributed by atoms with Gasteiger partial charge in [0.05, 0.1) is 13.5 Å². The number of carbonyl (C=O) groups is 2. The van der Waals surface area contributed by atoms with Crippen molar-refractivity contribution in [3.63, 3.8) is 0 Å². The largest absolute Gasteiger partial charge is 0.496 e. The van der Waals surface area contributed by atoms with Crippen LogP contribution in [0.2, 0.25) is 0 Å². The van der Waals surface area contributed by atoms with Gasteiger partial charge in [-0.25, -0.2) is 0 Å². The molecule has 5 heteroatoms. The number of nitrogens with zero attached hydrogens (tertiary/aromatic N) is 1. The summed E-state index contributed by atoms with van der Waals surface area (Å²) < 4.78 is 5.33. The number of likely N-dealkylation sites (tertiary alicyclic amines) is 1. The number of ketones is 1. The summed E-state index contributed by atoms with van der Waals surface area (Å²) in [4.78, 5) is 26.5. The normalized spacial score (nSPS) is 16.3. The van der Waals surface area contributed by atoms with Crippen molar-refractivity contribution in [3.8, 4) is 5.75 Å². The van der Waals surface area contributed by atoms with Crippen LogP contribution in [0.4, 0.5) is 0 Å². The zero-order valence-corrected chi connectivity index (χ0v) is 15.6. The Morgan fingerprint density at radius 3 is 2.56 bits per heavy atom. The van der Waals surface area contributed by atoms with Crippen LogP contribution < -0.4 is 10.1 Å². The molecule has 1 saturated heterocycles. The molecular formula is C20H30N2O3. The number of hydrogen-bond acceptors (Lipinski definition) is 4. The lowest BCUT2D eigenvalue weighted by molar-refractivity contribution is -0.121. The van der Waals surface area contributed by atoms with Gasteiger partial charge in [-0.1, -0.05) is 13.3 Å². The molecular weight excluding hydrogens is 316 g/mol. The van der Waals surface area contributed by atoms with Crippen molar-refractivity contribution in [2.24, 2.45) is 0 Å². The van der Waals surface area contributed by atoms with Crippen LogP contribution in [0.5, 0.6) is 5.75 Å². The Balaban J connectivity index is 1.97. The van der Waals surface area contributed by atoms with Gasteiger partial charge < -0.3 is 15.0 Å². The Hall–Kier alpha value is -1.88. The van der Waals surface area contributed by atoms with E-state index < -0.39 is 0 Å². The molecule has 1 aliphatic heterocycles. The van der Waals surface area contributed by atoms with Crippen molar-refractivity contribution < 1.29 is 14.3 Å². The highest BCUT2D eigenvalue weighted by atomic mass is 16.5. The minimum absolute atomic E-state index is 0.0131. The van der Waals surface area contributed by atoms with Crippen LogP contribution in [-0.2, 0) is 11.2 Å². The van der Waals surface area contributed by atoms with Crippen LogP contribution in [0.15, 0.2) is 18.2 Å². The summed E-state index contributed by atoms with van der Waals surface area (Å²) in [5, 5.41) is 3.14. The SMILES string of the molecule is CCC(CN1CCCCC1)NC(=O)Cc1cc(C(C)=O)ccc1OC. The molecule has 0 radical (unpaired) electrons. The molecule has 1 aromatic carbocycles. The molecule has 1 unspecified atom stereocenters. The van der Waals surface area contributed by atoms with E-state index in [0.717, 1.165) is 31.6 Å². The second-order valence-corrected chi connectivity index (χ2v) is 6.79. The summed E-state index contributed by atoms with van der Waals surface area (Å²) in [7, 11) is 1.58. The fraction of sp³-hybridized carbons (Fsp3) is 0.600. The highest BCUT2D eigenvalue weighted by Crippen LogP contribution is 2.21. The number of hydrogen-bond donors (Lipinski definition) is 1. The van der Waals surface area contributed by atoms with Gasteiger partial charge in [-0.2, -0.15) is 0 Å². The first-order chi connectivity index (χ1) is 12.0. The van der Waals surface area contributed by atoms with E-state index in [-0.39, 0.29) is 24.2 Å². The molecule has 1 N–H and O–H groups in total. The van der Waals surface area contributed by atoms with E-state index in [1.807, 2.05) is 0 Å². The maximum Gasteiger partial charge on any atom is 0.224 e. The van der Waals surface area contributed by atoms with Gasteiger partial charge in [0.2, 0.25) is 5.91 Å². The van der Waals surface area contributed by atoms with Crippen molar-refractivity contribution in [3.05, 3.63) is 29.3 Å². The Kier molecular flexibility index (Phi) is 7.44. The highest BCUT2D eigenvalue weighted by Gasteiger charge is 2.18. The molecule has 1 aliphatic rings. The number of carbonyl (C=O) groups excluding carboxylic acids is 2. The summed E-state index contributed by atoms with van der Waals surface area (Å²) in [5.74, 6) is 0.605. The van der Waals surface area contributed by atoms with E-state index in [9.17, 15) is 9.59 Å². The van der Waals surface area contributed by atoms with Crippen LogP contribution in [0.25, 0.3) is 0 Å². The first-order valence-corrected chi connectivity index (χ1v) is 9.23. The molecule has 0 aromatic heterocycles. The second kappa shape index (κ2) is 9.56. The van der Waals surface area contributed by atoms with Crippen molar-refractivity contribution in [1.82, 2.24) is 10.2 Å². The van der Waals surface area contributed by atoms with Crippen molar-refractivity contribution in [1.29, 1.82) is 0 Å². The average molecular weight is 346 g/mol. The van der Waals surface area contributed by atoms with Crippen molar-refractivity contribution in [2.45, 2.75) is 52.0 Å². The third-order valence-corrected chi connectivity index (χ3v) is 4.82. The van der Waals surface area contributed by atoms with E-state index in [1.165, 1.54) is 26.2 Å². The Morgan fingerprint density at radius 1 is 1.24 bits per heavy atom. The first kappa shape index (κ1) is 19.4. The molecule has 1 fully saturated rings. The van der Waals surface area contributed by atoms with E-state index in [4.69, 9.17) is 4.74 Å². The van der Waals surface area contributed by atoms with E-state index in [2.05, 4.69) is 17.1 Å². The van der Waals surface area contributed by atoms with E-state index >= 15 is 0 Å². The number of rotatable bonds is 8. The van der Waals surface area contributed by atoms with Crippen molar-refractivity contribution >= 4 is 11.7 Å². The van der Waals surface area contributed by atoms with Gasteiger partial charge in [-0.15, -0.1) is 0 Å². The standard InChI is InChI=1S/C20H30N2O3/c1-4-18(14-22-10-6-5-7-11-22)21-20(24)13-17-12-16(15(2)23)8-9-19(17)25-3/h8-9,12,18H,4-7,10-11,13-14H2,1-3H3,(H,21,24). The molecule has 1 atom stereocenters. The summed E-state index contributed by atoms with van der Waals surface area (Å²) in [6, 6.07) is 5.40. The number of piperidine rings is 1. The van der Waals surface area contributed by atoms with Crippen LogP contribution in [0, 0.1) is 0 Å². The fourth-order valence-corrected chi connectivity index (χ4v) is 3.32. The predicted molar refractivity (Wildman–Crippen MR) is 99.2 cm³/mol. The number of nitrogens with one attached hydrogen (secondary N) is 1. The second-order valence-electron chi connectivity index (χ2n) is 6.79. The molecule has 0 saturated carbocycles. The lowest BCUT2D eigenvalue weighted by Gasteiger charge is -2.30. The van der Waals surface area contributed by atoms with Gasteiger partial charge in [-0.05, 0) is 57.5 Å². The quantitative estimate of drug-likeness (QED) is 0.736. The molecule has 0 aliphatic carbocycles. The van der Waals surface area contributed by atoms with Crippen molar-refractivity contribution in [2.75, 3.05) is 26.7 Å². The Morgan fingerprint density at radius 2 is 1.96 bits per heavy atom. The lowest BCUT2D eigenvalue weighted by Crippen LogP contribution is -2.45. The molecule has 1 heterocycles. The van der Waals surface area contributed by atoms with Crippen LogP contribution in [-0.4, -0.2) is 49.4 Å². The summed E-state index contributed by atoms with van der Waals surface area (Å²) in [5.41, 5.74) is 1.35. The van der Waals surface area contributed by atoms with Gasteiger partial charge in [0.15, 0.2) is 5.78 Å². The zero-order valence-electron chi connectivity index (χ0n) is 15.6. The average Bonchev–Trinajstić information content (AvgIpc) is 2.61. The number of methoxy groups -OCH3 is 1. The topological polar surface area (TPSA) is 58.6 Å². The third kappa shape index (κ3) is 5.85. The summed E-state index contributed by atoms with van der Waals surface area (Å²) in [6.45, 7) is 6.79. The third-order valence-electron chi connectivity index (χ3n) is 4.82. The summed E-state index contributed by atoms with van der Waals surface area (Å²) >= 11 is 0. The molecule has 0 spiro atoms. The monoisotopic (exact) mass is 346 g/mol. The van der Waals surface area contributed by atoms with Gasteiger partial charge in [0.1, 0.15) is 5.75 Å². The predicted octanol–water partition coefficient (Wildman–Crippen LogP) is 2.82. The smallest absolute Gasteiger partial charge is 0.224 e. The number of amides is 1. The van der Waals surface area contributed by atoms with E-state index in [1.54, 1.807) is 25.3 Å². The molecule has 2 rings (SSSR count). The number of ether oxygens (including phenoxy) is 1. The lowest BCUT2D eigenvalue weighted by atomic mass is 10.0. The van der Waals surface area contributed by atoms with Crippen LogP contribution in [0.3, 0.4) is 0 Å². The van der Waals surface area contributed by atoms with Crippen LogP contribution in [0.1, 0.15) is 55.5 Å². The minimum Gasteiger partial charge on any atom is -0.496 e. The first-order valence-electron chi connectivity index (χ1n) is 9.23. The maximum absolute atomic E-state index is 12.5. The maximum atomic E-state index is 12.5. The summed E-state index contributed by atoms with van der Waals surface area (Å²) in [6.07, 6.45) is 4.94. The molecule has 0 bridgehead atoms. The van der Waals surface area contributed by atoms with E-state index in [0.29, 0.717) is 11.3 Å². The molecule has 25 heavy (non-hydrogen) atoms. The molecule has 1 amide bonds.